The van der Waals surface area contributed by atoms with Gasteiger partial charge in [-0.15, -0.1) is 6.42 Å². The Labute approximate surface area is 189 Å². The number of amides is 2. The molecule has 0 aromatic carbocycles. The average Bonchev–Trinajstić information content (AvgIpc) is 2.82. The molecule has 3 heterocycles. The van der Waals surface area contributed by atoms with Crippen LogP contribution in [0.3, 0.4) is 0 Å². The van der Waals surface area contributed by atoms with Crippen molar-refractivity contribution in [3.8, 4) is 12.3 Å². The number of pyridine rings is 1. The van der Waals surface area contributed by atoms with Crippen LogP contribution in [-0.2, 0) is 14.4 Å². The predicted molar refractivity (Wildman–Crippen MR) is 119 cm³/mol. The summed E-state index contributed by atoms with van der Waals surface area (Å²) in [4.78, 5) is 42.9. The van der Waals surface area contributed by atoms with Gasteiger partial charge in [-0.25, -0.2) is 0 Å². The number of nitrogens with zero attached hydrogens (tertiary/aromatic N) is 2. The number of nitrogens with one attached hydrogen (secondary N) is 2. The van der Waals surface area contributed by atoms with Crippen molar-refractivity contribution in [3.05, 3.63) is 29.6 Å². The second-order valence-corrected chi connectivity index (χ2v) is 8.72. The van der Waals surface area contributed by atoms with Gasteiger partial charge in [0.15, 0.2) is 0 Å². The van der Waals surface area contributed by atoms with Crippen LogP contribution < -0.4 is 10.6 Å². The first-order valence-corrected chi connectivity index (χ1v) is 11.4. The predicted octanol–water partition coefficient (Wildman–Crippen LogP) is 1.71. The quantitative estimate of drug-likeness (QED) is 0.531. The summed E-state index contributed by atoms with van der Waals surface area (Å²) in [6, 6.07) is 0.935. The summed E-state index contributed by atoms with van der Waals surface area (Å²) in [7, 11) is 0. The zero-order valence-corrected chi connectivity index (χ0v) is 18.4. The van der Waals surface area contributed by atoms with Crippen LogP contribution in [-0.4, -0.2) is 59.0 Å². The molecule has 32 heavy (non-hydrogen) atoms. The minimum Gasteiger partial charge on any atom is -0.481 e. The number of carbonyl (C=O) groups excluding carboxylic acids is 2. The molecule has 0 unspecified atom stereocenters. The maximum Gasteiger partial charge on any atom is 0.305 e. The van der Waals surface area contributed by atoms with Gasteiger partial charge in [0.2, 0.25) is 11.8 Å². The highest BCUT2D eigenvalue weighted by molar-refractivity contribution is 5.82. The lowest BCUT2D eigenvalue weighted by atomic mass is 9.92. The fraction of sp³-hybridized carbons (Fsp3) is 0.583. The molecule has 2 atom stereocenters. The van der Waals surface area contributed by atoms with Crippen LogP contribution in [0.15, 0.2) is 18.5 Å². The lowest BCUT2D eigenvalue weighted by molar-refractivity contribution is -0.138. The summed E-state index contributed by atoms with van der Waals surface area (Å²) in [6.07, 6.45) is 13.2. The maximum absolute atomic E-state index is 13.0. The summed E-state index contributed by atoms with van der Waals surface area (Å²) in [6.45, 7) is 3.07. The monoisotopic (exact) mass is 440 g/mol. The Kier molecular flexibility index (Phi) is 8.63. The molecule has 2 aliphatic heterocycles. The zero-order valence-electron chi connectivity index (χ0n) is 18.4. The number of hydrogen-bond acceptors (Lipinski definition) is 5. The van der Waals surface area contributed by atoms with Crippen LogP contribution in [0.1, 0.15) is 62.1 Å². The highest BCUT2D eigenvalue weighted by Gasteiger charge is 2.30. The normalized spacial score (nSPS) is 20.2. The molecule has 172 valence electrons. The van der Waals surface area contributed by atoms with Crippen molar-refractivity contribution in [2.45, 2.75) is 51.0 Å². The molecule has 1 aromatic heterocycles. The van der Waals surface area contributed by atoms with E-state index in [1.807, 2.05) is 0 Å². The molecule has 0 bridgehead atoms. The second kappa shape index (κ2) is 11.6. The molecule has 0 aliphatic carbocycles. The van der Waals surface area contributed by atoms with Crippen molar-refractivity contribution in [2.75, 3.05) is 26.2 Å². The number of terminal acetylenes is 1. The zero-order chi connectivity index (χ0) is 22.9. The van der Waals surface area contributed by atoms with Crippen molar-refractivity contribution in [3.63, 3.8) is 0 Å². The third-order valence-corrected chi connectivity index (χ3v) is 6.39. The number of piperidine rings is 2. The van der Waals surface area contributed by atoms with Crippen LogP contribution in [0.4, 0.5) is 0 Å². The number of hydrogen-bond donors (Lipinski definition) is 3. The molecule has 2 aliphatic rings. The van der Waals surface area contributed by atoms with Crippen molar-refractivity contribution in [2.24, 2.45) is 11.8 Å². The highest BCUT2D eigenvalue weighted by Crippen LogP contribution is 2.23. The summed E-state index contributed by atoms with van der Waals surface area (Å²) < 4.78 is 0. The van der Waals surface area contributed by atoms with Crippen molar-refractivity contribution < 1.29 is 19.5 Å². The largest absolute Gasteiger partial charge is 0.481 e. The van der Waals surface area contributed by atoms with Gasteiger partial charge in [-0.1, -0.05) is 5.92 Å². The molecule has 8 nitrogen and oxygen atoms in total. The van der Waals surface area contributed by atoms with E-state index in [-0.39, 0.29) is 24.2 Å². The summed E-state index contributed by atoms with van der Waals surface area (Å²) in [5, 5.41) is 15.5. The number of carboxylic acids is 1. The van der Waals surface area contributed by atoms with E-state index in [2.05, 4.69) is 21.5 Å². The first kappa shape index (κ1) is 23.7. The minimum atomic E-state index is -1.03. The van der Waals surface area contributed by atoms with Gasteiger partial charge in [0.25, 0.3) is 0 Å². The van der Waals surface area contributed by atoms with E-state index in [1.54, 1.807) is 11.0 Å². The standard InChI is InChI=1S/C24H32N4O4/c1-2-17-12-20(15-26-14-17)21(13-23(30)31)27-24(32)19-4-3-11-28(16-19)22(29)6-5-18-7-9-25-10-8-18/h1,12,14-15,18-19,21,25H,3-11,13,16H2,(H,27,32)(H,30,31)/t19-,21+/m1/s1. The first-order chi connectivity index (χ1) is 15.5. The molecule has 0 saturated carbocycles. The Balaban J connectivity index is 1.57. The van der Waals surface area contributed by atoms with E-state index < -0.39 is 12.0 Å². The van der Waals surface area contributed by atoms with Gasteiger partial charge in [0, 0.05) is 37.5 Å². The van der Waals surface area contributed by atoms with Gasteiger partial charge >= 0.3 is 5.97 Å². The third-order valence-electron chi connectivity index (χ3n) is 6.39. The summed E-state index contributed by atoms with van der Waals surface area (Å²) >= 11 is 0. The number of carboxylic acid groups (broad SMARTS) is 1. The van der Waals surface area contributed by atoms with E-state index in [4.69, 9.17) is 6.42 Å². The Morgan fingerprint density at radius 1 is 1.28 bits per heavy atom. The Hall–Kier alpha value is -2.92. The number of carbonyl (C=O) groups is 3. The summed E-state index contributed by atoms with van der Waals surface area (Å²) in [5.74, 6) is 1.55. The number of aromatic nitrogens is 1. The first-order valence-electron chi connectivity index (χ1n) is 11.4. The number of likely N-dealkylation sites (tertiary alicyclic amines) is 1. The van der Waals surface area contributed by atoms with Crippen LogP contribution in [0.25, 0.3) is 0 Å². The Morgan fingerprint density at radius 3 is 2.78 bits per heavy atom. The lowest BCUT2D eigenvalue weighted by Crippen LogP contribution is -2.46. The van der Waals surface area contributed by atoms with Gasteiger partial charge in [0.1, 0.15) is 0 Å². The molecular formula is C24H32N4O4. The third kappa shape index (κ3) is 6.79. The van der Waals surface area contributed by atoms with E-state index in [1.165, 1.54) is 12.4 Å². The molecule has 2 amide bonds. The average molecular weight is 441 g/mol. The van der Waals surface area contributed by atoms with Crippen LogP contribution in [0.5, 0.6) is 0 Å². The van der Waals surface area contributed by atoms with Crippen molar-refractivity contribution in [1.82, 2.24) is 20.5 Å². The topological polar surface area (TPSA) is 112 Å². The van der Waals surface area contributed by atoms with Crippen LogP contribution in [0.2, 0.25) is 0 Å². The van der Waals surface area contributed by atoms with E-state index in [0.717, 1.165) is 38.8 Å². The molecule has 0 spiro atoms. The fourth-order valence-electron chi connectivity index (χ4n) is 4.52. The Morgan fingerprint density at radius 2 is 2.06 bits per heavy atom. The number of rotatable bonds is 8. The Bertz CT molecular complexity index is 860. The number of aliphatic carboxylic acids is 1. The van der Waals surface area contributed by atoms with Gasteiger partial charge in [0.05, 0.1) is 18.4 Å². The van der Waals surface area contributed by atoms with Crippen LogP contribution >= 0.6 is 0 Å². The van der Waals surface area contributed by atoms with Gasteiger partial charge < -0.3 is 20.6 Å². The molecule has 1 aromatic rings. The van der Waals surface area contributed by atoms with E-state index in [9.17, 15) is 19.5 Å². The van der Waals surface area contributed by atoms with E-state index >= 15 is 0 Å². The molecule has 3 rings (SSSR count). The lowest BCUT2D eigenvalue weighted by Gasteiger charge is -2.33. The van der Waals surface area contributed by atoms with Crippen molar-refractivity contribution in [1.29, 1.82) is 0 Å². The SMILES string of the molecule is C#Cc1cncc([C@H](CC(=O)O)NC(=O)[C@@H]2CCCN(C(=O)CCC3CCNCC3)C2)c1. The fourth-order valence-corrected chi connectivity index (χ4v) is 4.52. The molecule has 0 radical (unpaired) electrons. The molecule has 2 fully saturated rings. The second-order valence-electron chi connectivity index (χ2n) is 8.72. The van der Waals surface area contributed by atoms with Crippen molar-refractivity contribution >= 4 is 17.8 Å². The summed E-state index contributed by atoms with van der Waals surface area (Å²) in [5.41, 5.74) is 1.08. The molecule has 3 N–H and O–H groups in total. The van der Waals surface area contributed by atoms with Gasteiger partial charge in [-0.05, 0) is 62.7 Å². The smallest absolute Gasteiger partial charge is 0.305 e. The molecule has 2 saturated heterocycles. The highest BCUT2D eigenvalue weighted by atomic mass is 16.4. The molecule has 8 heteroatoms. The minimum absolute atomic E-state index is 0.106. The van der Waals surface area contributed by atoms with Gasteiger partial charge in [-0.2, -0.15) is 0 Å². The molecular weight excluding hydrogens is 408 g/mol. The maximum atomic E-state index is 13.0. The van der Waals surface area contributed by atoms with E-state index in [0.29, 0.717) is 43.0 Å². The van der Waals surface area contributed by atoms with Gasteiger partial charge in [-0.3, -0.25) is 19.4 Å². The van der Waals surface area contributed by atoms with Crippen LogP contribution in [0, 0.1) is 24.2 Å².